The molecule has 210 valence electrons. The fourth-order valence-corrected chi connectivity index (χ4v) is 5.70. The fraction of sp³-hybridized carbons (Fsp3) is 0.481. The smallest absolute Gasteiger partial charge is 0.330 e. The third-order valence-electron chi connectivity index (χ3n) is 7.61. The van der Waals surface area contributed by atoms with Crippen molar-refractivity contribution in [2.24, 2.45) is 0 Å². The highest BCUT2D eigenvalue weighted by Gasteiger charge is 2.39. The Morgan fingerprint density at radius 2 is 1.89 bits per heavy atom. The normalized spacial score (nSPS) is 21.0. The third kappa shape index (κ3) is 6.28. The molecule has 38 heavy (non-hydrogen) atoms. The summed E-state index contributed by atoms with van der Waals surface area (Å²) in [6.45, 7) is 3.74. The van der Waals surface area contributed by atoms with Gasteiger partial charge in [0.1, 0.15) is 18.8 Å². The van der Waals surface area contributed by atoms with Gasteiger partial charge in [-0.05, 0) is 43.6 Å². The maximum atomic E-state index is 13.7. The summed E-state index contributed by atoms with van der Waals surface area (Å²) in [6.07, 6.45) is 4.26. The van der Waals surface area contributed by atoms with Crippen molar-refractivity contribution in [3.63, 3.8) is 0 Å². The van der Waals surface area contributed by atoms with Crippen molar-refractivity contribution in [2.45, 2.75) is 38.3 Å². The van der Waals surface area contributed by atoms with Crippen LogP contribution in [0.4, 0.5) is 5.95 Å². The minimum Gasteiger partial charge on any atom is -0.497 e. The minimum absolute atomic E-state index is 0. The molecule has 0 spiro atoms. The van der Waals surface area contributed by atoms with Crippen LogP contribution in [0, 0.1) is 0 Å². The first-order chi connectivity index (χ1) is 17.0. The predicted octanol–water partition coefficient (Wildman–Crippen LogP) is 4.57. The molecule has 2 aliphatic rings. The van der Waals surface area contributed by atoms with E-state index in [0.717, 1.165) is 43.7 Å². The molecule has 1 aromatic heterocycles. The summed E-state index contributed by atoms with van der Waals surface area (Å²) in [5, 5.41) is 0.667. The number of aromatic amines is 1. The second kappa shape index (κ2) is 13.9. The average molecular weight is 588 g/mol. The van der Waals surface area contributed by atoms with E-state index in [-0.39, 0.29) is 48.8 Å². The first-order valence-corrected chi connectivity index (χ1v) is 12.6. The molecular formula is C27H39Cl3N5O3+. The Morgan fingerprint density at radius 1 is 1.13 bits per heavy atom. The summed E-state index contributed by atoms with van der Waals surface area (Å²) in [6, 6.07) is 12.6. The summed E-state index contributed by atoms with van der Waals surface area (Å²) in [5.74, 6) is 1.36. The van der Waals surface area contributed by atoms with Gasteiger partial charge in [-0.15, -0.1) is 37.2 Å². The Morgan fingerprint density at radius 3 is 2.61 bits per heavy atom. The van der Waals surface area contributed by atoms with Crippen molar-refractivity contribution in [1.82, 2.24) is 24.9 Å². The van der Waals surface area contributed by atoms with E-state index in [1.165, 1.54) is 17.5 Å². The first-order valence-electron chi connectivity index (χ1n) is 12.6. The number of benzene rings is 2. The third-order valence-corrected chi connectivity index (χ3v) is 7.61. The molecule has 0 aliphatic carbocycles. The van der Waals surface area contributed by atoms with Gasteiger partial charge in [0.05, 0.1) is 31.2 Å². The van der Waals surface area contributed by atoms with Crippen LogP contribution in [0.2, 0.25) is 0 Å². The SMILES string of the molecule is COCCN[N+]1(c2nc3cc(OC)cc(C4CCCCN4C)c3c(=O)[nH]2)CCc2ccccc2C1.Cl.Cl.Cl. The van der Waals surface area contributed by atoms with E-state index >= 15 is 0 Å². The van der Waals surface area contributed by atoms with Gasteiger partial charge < -0.3 is 9.47 Å². The Kier molecular flexibility index (Phi) is 11.8. The lowest BCUT2D eigenvalue weighted by Gasteiger charge is -2.39. The van der Waals surface area contributed by atoms with E-state index in [1.807, 2.05) is 12.1 Å². The molecule has 2 aromatic carbocycles. The number of ether oxygens (including phenoxy) is 2. The second-order valence-corrected chi connectivity index (χ2v) is 9.76. The first kappa shape index (κ1) is 32.3. The van der Waals surface area contributed by atoms with Gasteiger partial charge in [0.25, 0.3) is 5.56 Å². The van der Waals surface area contributed by atoms with Crippen molar-refractivity contribution >= 4 is 54.1 Å². The molecule has 5 rings (SSSR count). The van der Waals surface area contributed by atoms with Gasteiger partial charge in [-0.1, -0.05) is 30.7 Å². The summed E-state index contributed by atoms with van der Waals surface area (Å²) >= 11 is 0. The van der Waals surface area contributed by atoms with Crippen LogP contribution in [0.15, 0.2) is 41.2 Å². The number of rotatable bonds is 7. The highest BCUT2D eigenvalue weighted by Crippen LogP contribution is 2.36. The van der Waals surface area contributed by atoms with E-state index in [2.05, 4.69) is 46.6 Å². The molecule has 1 fully saturated rings. The number of aromatic nitrogens is 2. The molecule has 0 radical (unpaired) electrons. The number of piperidine rings is 1. The Bertz CT molecular complexity index is 1270. The molecular weight excluding hydrogens is 549 g/mol. The molecule has 8 nitrogen and oxygen atoms in total. The number of hydrogen-bond acceptors (Lipinski definition) is 6. The van der Waals surface area contributed by atoms with Crippen molar-refractivity contribution in [1.29, 1.82) is 0 Å². The highest BCUT2D eigenvalue weighted by molar-refractivity contribution is 5.86. The number of likely N-dealkylation sites (tertiary alicyclic amines) is 1. The molecule has 3 heterocycles. The van der Waals surface area contributed by atoms with E-state index in [1.54, 1.807) is 14.2 Å². The molecule has 1 saturated heterocycles. The monoisotopic (exact) mass is 586 g/mol. The quantitative estimate of drug-likeness (QED) is 0.312. The molecule has 0 amide bonds. The zero-order chi connectivity index (χ0) is 24.4. The number of fused-ring (bicyclic) bond motifs is 2. The molecule has 11 heteroatoms. The summed E-state index contributed by atoms with van der Waals surface area (Å²) < 4.78 is 11.3. The van der Waals surface area contributed by atoms with E-state index in [0.29, 0.717) is 41.1 Å². The molecule has 2 N–H and O–H groups in total. The van der Waals surface area contributed by atoms with Crippen molar-refractivity contribution < 1.29 is 9.47 Å². The van der Waals surface area contributed by atoms with Gasteiger partial charge in [-0.3, -0.25) is 14.7 Å². The number of quaternary nitrogens is 1. The van der Waals surface area contributed by atoms with E-state index in [4.69, 9.17) is 14.5 Å². The predicted molar refractivity (Wildman–Crippen MR) is 160 cm³/mol. The maximum absolute atomic E-state index is 13.7. The molecule has 3 aromatic rings. The van der Waals surface area contributed by atoms with E-state index in [9.17, 15) is 4.79 Å². The highest BCUT2D eigenvalue weighted by atomic mass is 35.5. The summed E-state index contributed by atoms with van der Waals surface area (Å²) in [7, 11) is 5.51. The number of H-pyrrole nitrogens is 1. The molecule has 0 bridgehead atoms. The summed E-state index contributed by atoms with van der Waals surface area (Å²) in [4.78, 5) is 24.3. The Balaban J connectivity index is 0.00000169. The largest absolute Gasteiger partial charge is 0.497 e. The standard InChI is InChI=1S/C27H35N5O3.3ClH/c1-31-13-7-6-10-24(31)22-16-21(35-3)17-23-25(22)26(33)30-27(29-23)32(28-12-15-34-2)14-11-19-8-4-5-9-20(19)18-32;;;/h4-5,8-9,16-17,24,28H,6-7,10-15,18H2,1-3H3;3*1H/p+1. The number of nitrogens with zero attached hydrogens (tertiary/aromatic N) is 3. The van der Waals surface area contributed by atoms with Gasteiger partial charge >= 0.3 is 5.95 Å². The van der Waals surface area contributed by atoms with Gasteiger partial charge in [0.15, 0.2) is 0 Å². The van der Waals surface area contributed by atoms with Crippen LogP contribution in [-0.4, -0.2) is 62.4 Å². The van der Waals surface area contributed by atoms with Crippen LogP contribution in [0.5, 0.6) is 5.75 Å². The second-order valence-electron chi connectivity index (χ2n) is 9.76. The fourth-order valence-electron chi connectivity index (χ4n) is 5.70. The van der Waals surface area contributed by atoms with Crippen LogP contribution in [0.25, 0.3) is 10.9 Å². The molecule has 2 aliphatic heterocycles. The number of hydrogen-bond donors (Lipinski definition) is 2. The van der Waals surface area contributed by atoms with Crippen LogP contribution in [0.1, 0.15) is 42.0 Å². The zero-order valence-corrected chi connectivity index (χ0v) is 24.6. The summed E-state index contributed by atoms with van der Waals surface area (Å²) in [5.41, 5.74) is 7.85. The van der Waals surface area contributed by atoms with Crippen LogP contribution in [0.3, 0.4) is 0 Å². The van der Waals surface area contributed by atoms with Crippen LogP contribution >= 0.6 is 37.2 Å². The van der Waals surface area contributed by atoms with Crippen molar-refractivity contribution in [3.05, 3.63) is 63.4 Å². The number of methoxy groups -OCH3 is 2. The molecule has 2 atom stereocenters. The lowest BCUT2D eigenvalue weighted by atomic mass is 9.93. The van der Waals surface area contributed by atoms with Gasteiger partial charge in [-0.25, -0.2) is 0 Å². The van der Waals surface area contributed by atoms with E-state index < -0.39 is 0 Å². The van der Waals surface area contributed by atoms with Gasteiger partial charge in [-0.2, -0.15) is 15.0 Å². The average Bonchev–Trinajstić information content (AvgIpc) is 2.88. The maximum Gasteiger partial charge on any atom is 0.330 e. The van der Waals surface area contributed by atoms with Crippen molar-refractivity contribution in [3.8, 4) is 5.75 Å². The van der Waals surface area contributed by atoms with Gasteiger partial charge in [0, 0.05) is 31.2 Å². The Hall–Kier alpha value is -1.91. The van der Waals surface area contributed by atoms with Gasteiger partial charge in [0.2, 0.25) is 0 Å². The zero-order valence-electron chi connectivity index (χ0n) is 22.2. The van der Waals surface area contributed by atoms with Crippen molar-refractivity contribution in [2.75, 3.05) is 47.5 Å². The minimum atomic E-state index is -0.0912. The van der Waals surface area contributed by atoms with Crippen LogP contribution in [-0.2, 0) is 17.7 Å². The van der Waals surface area contributed by atoms with Crippen LogP contribution < -0.4 is 20.3 Å². The molecule has 0 saturated carbocycles. The Labute approximate surface area is 242 Å². The number of halogens is 3. The molecule has 2 unspecified atom stereocenters. The lowest BCUT2D eigenvalue weighted by molar-refractivity contribution is 0.125. The lowest BCUT2D eigenvalue weighted by Crippen LogP contribution is -2.63. The number of nitrogens with one attached hydrogen (secondary N) is 2. The topological polar surface area (TPSA) is 79.5 Å².